The summed E-state index contributed by atoms with van der Waals surface area (Å²) in [5.74, 6) is -0.0759. The Morgan fingerprint density at radius 2 is 1.24 bits per heavy atom. The van der Waals surface area contributed by atoms with Crippen molar-refractivity contribution < 1.29 is 38.7 Å². The molecule has 0 saturated carbocycles. The second-order valence-electron chi connectivity index (χ2n) is 15.0. The second-order valence-corrected chi connectivity index (χ2v) is 16.6. The van der Waals surface area contributed by atoms with Crippen LogP contribution in [0.3, 0.4) is 0 Å². The molecule has 6 rings (SSSR count). The van der Waals surface area contributed by atoms with Crippen LogP contribution in [0.15, 0.2) is 97.6 Å². The van der Waals surface area contributed by atoms with Crippen LogP contribution in [0.5, 0.6) is 23.0 Å². The molecule has 0 spiro atoms. The van der Waals surface area contributed by atoms with Crippen LogP contribution in [0.1, 0.15) is 64.0 Å². The monoisotopic (exact) mass is 927 g/mol. The minimum absolute atomic E-state index is 0.00369. The quantitative estimate of drug-likeness (QED) is 0.0595. The number of aliphatic carboxylic acids is 1. The van der Waals surface area contributed by atoms with E-state index in [1.807, 2.05) is 49.4 Å². The molecule has 11 nitrogen and oxygen atoms in total. The summed E-state index contributed by atoms with van der Waals surface area (Å²) in [5, 5.41) is 20.9. The van der Waals surface area contributed by atoms with Crippen LogP contribution in [0, 0.1) is 18.9 Å². The summed E-state index contributed by atoms with van der Waals surface area (Å²) in [5.41, 5.74) is 4.90. The SMILES string of the molecule is [C-]#[N+]c1cncc(COc2cc(OCc3cccc(-c4cccc(COc5cc(OCc6cncc(C)c6)c(C(C)=O)cc5Cl)c4Cl)c3Cl)c(Cl)cc2CC[C@@](C)(CO)C(=O)O)c1. The topological polar surface area (TPSA) is 142 Å². The number of carboxylic acids is 1. The van der Waals surface area contributed by atoms with E-state index in [1.165, 1.54) is 26.1 Å². The third-order valence-electron chi connectivity index (χ3n) is 10.2. The summed E-state index contributed by atoms with van der Waals surface area (Å²) < 4.78 is 24.6. The van der Waals surface area contributed by atoms with Gasteiger partial charge in [-0.05, 0) is 74.6 Å². The first-order chi connectivity index (χ1) is 30.2. The number of carbonyl (C=O) groups is 2. The van der Waals surface area contributed by atoms with Crippen molar-refractivity contribution in [3.63, 3.8) is 0 Å². The van der Waals surface area contributed by atoms with E-state index in [0.717, 1.165) is 11.1 Å². The highest BCUT2D eigenvalue weighted by Crippen LogP contribution is 2.41. The number of hydrogen-bond acceptors (Lipinski definition) is 9. The molecule has 0 aliphatic heterocycles. The van der Waals surface area contributed by atoms with Crippen LogP contribution >= 0.6 is 46.4 Å². The van der Waals surface area contributed by atoms with Gasteiger partial charge in [-0.2, -0.15) is 0 Å². The predicted molar refractivity (Wildman–Crippen MR) is 243 cm³/mol. The van der Waals surface area contributed by atoms with Gasteiger partial charge in [0.2, 0.25) is 5.69 Å². The molecule has 324 valence electrons. The molecule has 4 aromatic carbocycles. The molecule has 6 aromatic rings. The average molecular weight is 930 g/mol. The van der Waals surface area contributed by atoms with Gasteiger partial charge in [0.25, 0.3) is 0 Å². The number of nitrogens with zero attached hydrogens (tertiary/aromatic N) is 3. The van der Waals surface area contributed by atoms with Gasteiger partial charge < -0.3 is 29.2 Å². The third-order valence-corrected chi connectivity index (χ3v) is 11.7. The van der Waals surface area contributed by atoms with Gasteiger partial charge in [-0.3, -0.25) is 19.6 Å². The minimum atomic E-state index is -1.39. The number of halogens is 4. The molecule has 0 bridgehead atoms. The molecular weight excluding hydrogens is 888 g/mol. The molecule has 2 aromatic heterocycles. The minimum Gasteiger partial charge on any atom is -0.488 e. The molecule has 0 aliphatic rings. The molecule has 0 amide bonds. The van der Waals surface area contributed by atoms with E-state index in [9.17, 15) is 19.8 Å². The van der Waals surface area contributed by atoms with Crippen molar-refractivity contribution in [3.05, 3.63) is 168 Å². The summed E-state index contributed by atoms with van der Waals surface area (Å²) >= 11 is 27.4. The van der Waals surface area contributed by atoms with Gasteiger partial charge in [0.15, 0.2) is 5.78 Å². The molecule has 63 heavy (non-hydrogen) atoms. The van der Waals surface area contributed by atoms with E-state index in [2.05, 4.69) is 14.8 Å². The van der Waals surface area contributed by atoms with E-state index in [1.54, 1.807) is 42.9 Å². The number of pyridine rings is 2. The van der Waals surface area contributed by atoms with E-state index in [-0.39, 0.29) is 60.8 Å². The zero-order valence-electron chi connectivity index (χ0n) is 34.4. The molecule has 0 saturated heterocycles. The van der Waals surface area contributed by atoms with Gasteiger partial charge in [-0.25, -0.2) is 4.85 Å². The standard InChI is InChI=1S/C48H41Cl4N3O8/c1-28-13-30(20-54-19-28)23-61-42-18-44(40(50)16-38(42)29(2)57)63-26-34-8-6-10-37(46(34)52)36-9-5-7-33(45(36)51)25-62-43-17-41(60-24-31-14-35(53-4)22-55-21-31)32(15-39(43)49)11-12-48(3,27-56)47(58)59/h5-10,13-22,56H,11-12,23-27H2,1-3H3,(H,58,59)/t48-/m0/s1. The molecule has 2 heterocycles. The van der Waals surface area contributed by atoms with Gasteiger partial charge in [0, 0.05) is 64.7 Å². The number of hydrogen-bond donors (Lipinski definition) is 2. The zero-order valence-corrected chi connectivity index (χ0v) is 37.4. The smallest absolute Gasteiger partial charge is 0.311 e. The van der Waals surface area contributed by atoms with Crippen LogP contribution in [0.4, 0.5) is 5.69 Å². The van der Waals surface area contributed by atoms with Crippen LogP contribution in [-0.4, -0.2) is 38.5 Å². The van der Waals surface area contributed by atoms with Gasteiger partial charge in [-0.1, -0.05) is 82.8 Å². The Morgan fingerprint density at radius 1 is 0.698 bits per heavy atom. The van der Waals surface area contributed by atoms with Crippen molar-refractivity contribution in [2.24, 2.45) is 5.41 Å². The van der Waals surface area contributed by atoms with E-state index >= 15 is 0 Å². The molecular formula is C48H41Cl4N3O8. The fraction of sp³-hybridized carbons (Fsp3) is 0.229. The maximum Gasteiger partial charge on any atom is 0.311 e. The van der Waals surface area contributed by atoms with Crippen molar-refractivity contribution in [3.8, 4) is 34.1 Å². The Morgan fingerprint density at radius 3 is 1.79 bits per heavy atom. The van der Waals surface area contributed by atoms with E-state index in [0.29, 0.717) is 71.9 Å². The highest BCUT2D eigenvalue weighted by molar-refractivity contribution is 6.37. The molecule has 0 unspecified atom stereocenters. The molecule has 0 aliphatic carbocycles. The van der Waals surface area contributed by atoms with Gasteiger partial charge in [0.05, 0.1) is 44.2 Å². The number of aliphatic hydroxyl groups is 1. The maximum atomic E-state index is 12.5. The molecule has 15 heteroatoms. The summed E-state index contributed by atoms with van der Waals surface area (Å²) in [4.78, 5) is 36.2. The number of aryl methyl sites for hydroxylation is 2. The number of rotatable bonds is 19. The molecule has 0 radical (unpaired) electrons. The lowest BCUT2D eigenvalue weighted by Gasteiger charge is -2.23. The van der Waals surface area contributed by atoms with Gasteiger partial charge in [-0.15, -0.1) is 0 Å². The summed E-state index contributed by atoms with van der Waals surface area (Å²) in [6, 6.07) is 21.0. The number of ketones is 1. The fourth-order valence-corrected chi connectivity index (χ4v) is 7.49. The van der Waals surface area contributed by atoms with Gasteiger partial charge in [0.1, 0.15) is 49.4 Å². The van der Waals surface area contributed by atoms with Crippen molar-refractivity contribution in [1.29, 1.82) is 0 Å². The normalized spacial score (nSPS) is 11.9. The second kappa shape index (κ2) is 21.0. The van der Waals surface area contributed by atoms with E-state index < -0.39 is 18.0 Å². The number of ether oxygens (including phenoxy) is 4. The van der Waals surface area contributed by atoms with Crippen LogP contribution in [0.2, 0.25) is 20.1 Å². The first-order valence-electron chi connectivity index (χ1n) is 19.5. The number of aromatic nitrogens is 2. The highest BCUT2D eigenvalue weighted by atomic mass is 35.5. The Kier molecular flexibility index (Phi) is 15.5. The summed E-state index contributed by atoms with van der Waals surface area (Å²) in [6.45, 7) is 11.9. The van der Waals surface area contributed by atoms with E-state index in [4.69, 9.17) is 71.9 Å². The number of aliphatic hydroxyl groups excluding tert-OH is 1. The third kappa shape index (κ3) is 11.6. The summed E-state index contributed by atoms with van der Waals surface area (Å²) in [7, 11) is 0. The number of Topliss-reactive ketones (excluding diaryl/α,β-unsaturated/α-hetero) is 1. The van der Waals surface area contributed by atoms with Crippen LogP contribution < -0.4 is 18.9 Å². The highest BCUT2D eigenvalue weighted by Gasteiger charge is 2.32. The lowest BCUT2D eigenvalue weighted by molar-refractivity contribution is -0.150. The van der Waals surface area contributed by atoms with Crippen LogP contribution in [-0.2, 0) is 37.6 Å². The van der Waals surface area contributed by atoms with Crippen molar-refractivity contribution in [1.82, 2.24) is 9.97 Å². The Bertz CT molecular complexity index is 2710. The lowest BCUT2D eigenvalue weighted by Crippen LogP contribution is -2.32. The van der Waals surface area contributed by atoms with Crippen LogP contribution in [0.25, 0.3) is 16.0 Å². The Balaban J connectivity index is 1.20. The predicted octanol–water partition coefficient (Wildman–Crippen LogP) is 12.2. The first kappa shape index (κ1) is 46.6. The van der Waals surface area contributed by atoms with Crippen molar-refractivity contribution in [2.45, 2.75) is 60.0 Å². The Hall–Kier alpha value is -5.87. The largest absolute Gasteiger partial charge is 0.488 e. The molecule has 2 N–H and O–H groups in total. The number of carboxylic acid groups (broad SMARTS) is 1. The Labute approximate surface area is 384 Å². The van der Waals surface area contributed by atoms with Gasteiger partial charge >= 0.3 is 5.97 Å². The molecule has 0 fully saturated rings. The van der Waals surface area contributed by atoms with Crippen molar-refractivity contribution in [2.75, 3.05) is 6.61 Å². The average Bonchev–Trinajstić information content (AvgIpc) is 3.27. The maximum absolute atomic E-state index is 12.5. The molecule has 1 atom stereocenters. The first-order valence-corrected chi connectivity index (χ1v) is 21.0. The summed E-state index contributed by atoms with van der Waals surface area (Å²) in [6.07, 6.45) is 6.80. The van der Waals surface area contributed by atoms with Crippen molar-refractivity contribution >= 4 is 63.8 Å². The number of benzene rings is 4. The fourth-order valence-electron chi connectivity index (χ4n) is 6.46. The zero-order chi connectivity index (χ0) is 45.3. The lowest BCUT2D eigenvalue weighted by atomic mass is 9.85. The number of carbonyl (C=O) groups excluding carboxylic acids is 1.